The van der Waals surface area contributed by atoms with Crippen LogP contribution in [0.4, 0.5) is 17.1 Å². The number of fused-ring (bicyclic) bond motifs is 5. The maximum Gasteiger partial charge on any atom is 0.120 e. The molecule has 3 nitrogen and oxygen atoms in total. The van der Waals surface area contributed by atoms with Crippen molar-refractivity contribution in [1.29, 1.82) is 0 Å². The summed E-state index contributed by atoms with van der Waals surface area (Å²) in [4.78, 5) is 4.47. The van der Waals surface area contributed by atoms with Gasteiger partial charge in [0.15, 0.2) is 0 Å². The number of hydrogen-bond donors (Lipinski definition) is 0. The van der Waals surface area contributed by atoms with Gasteiger partial charge in [-0.3, -0.25) is 0 Å². The smallest absolute Gasteiger partial charge is 0.120 e. The first kappa shape index (κ1) is 22.5. The molecule has 4 aromatic rings. The van der Waals surface area contributed by atoms with Gasteiger partial charge in [-0.2, -0.15) is 18.8 Å². The Morgan fingerprint density at radius 1 is 0.818 bits per heavy atom. The number of hydrogen-bond acceptors (Lipinski definition) is 3. The molecule has 2 heterocycles. The molecule has 0 unspecified atom stereocenters. The average molecular weight is 615 g/mol. The van der Waals surface area contributed by atoms with Gasteiger partial charge in [-0.15, -0.1) is 11.8 Å². The summed E-state index contributed by atoms with van der Waals surface area (Å²) in [5.74, 6) is 0. The van der Waals surface area contributed by atoms with Crippen LogP contribution in [0.5, 0.6) is 0 Å². The zero-order valence-electron chi connectivity index (χ0n) is 20.3. The number of anilines is 3. The van der Waals surface area contributed by atoms with Crippen molar-refractivity contribution in [1.82, 2.24) is 0 Å². The van der Waals surface area contributed by atoms with E-state index < -0.39 is 0 Å². The minimum absolute atomic E-state index is 0. The van der Waals surface area contributed by atoms with Crippen molar-refractivity contribution in [2.24, 2.45) is 5.41 Å². The number of benzene rings is 3. The van der Waals surface area contributed by atoms with E-state index in [2.05, 4.69) is 108 Å². The van der Waals surface area contributed by atoms with Crippen molar-refractivity contribution in [3.05, 3.63) is 72.4 Å². The molecule has 4 heteroatoms. The van der Waals surface area contributed by atoms with Crippen LogP contribution in [0.15, 0.2) is 52.9 Å². The van der Waals surface area contributed by atoms with Crippen LogP contribution in [0.1, 0.15) is 52.7 Å². The zero-order chi connectivity index (χ0) is 22.6. The third-order valence-electron chi connectivity index (χ3n) is 9.07. The third-order valence-corrected chi connectivity index (χ3v) is 9.07. The molecule has 2 aliphatic rings. The third kappa shape index (κ3) is 2.71. The Morgan fingerprint density at radius 2 is 1.45 bits per heavy atom. The topological polar surface area (TPSA) is 19.6 Å². The molecule has 1 radical (unpaired) electrons. The molecule has 33 heavy (non-hydrogen) atoms. The first-order valence-corrected chi connectivity index (χ1v) is 11.4. The van der Waals surface area contributed by atoms with Crippen LogP contribution in [-0.4, -0.2) is 7.05 Å². The van der Waals surface area contributed by atoms with Crippen molar-refractivity contribution in [3.63, 3.8) is 0 Å². The van der Waals surface area contributed by atoms with Crippen LogP contribution in [0, 0.1) is 18.2 Å². The van der Waals surface area contributed by atoms with Gasteiger partial charge in [0.2, 0.25) is 0 Å². The van der Waals surface area contributed by atoms with E-state index >= 15 is 0 Å². The van der Waals surface area contributed by atoms with Crippen LogP contribution in [0.2, 0.25) is 0 Å². The second kappa shape index (κ2) is 6.87. The molecule has 0 fully saturated rings. The van der Waals surface area contributed by atoms with Crippen LogP contribution in [0.25, 0.3) is 21.9 Å². The van der Waals surface area contributed by atoms with E-state index in [1.165, 1.54) is 22.5 Å². The van der Waals surface area contributed by atoms with Gasteiger partial charge in [-0.25, -0.2) is 0 Å². The molecule has 0 bridgehead atoms. The maximum absolute atomic E-state index is 6.15. The molecule has 0 spiro atoms. The fraction of sp³-hybridized carbons (Fsp3) is 0.345. The molecular formula is C29H30IrN2O-2. The van der Waals surface area contributed by atoms with E-state index in [4.69, 9.17) is 4.42 Å². The predicted molar refractivity (Wildman–Crippen MR) is 134 cm³/mol. The monoisotopic (exact) mass is 615 g/mol. The Kier molecular flexibility index (Phi) is 4.68. The number of para-hydroxylation sites is 1. The van der Waals surface area contributed by atoms with Gasteiger partial charge in [0.25, 0.3) is 0 Å². The standard InChI is InChI=1S/C29H30N2O.Ir/c1-27(2)21-15-23-24(16-22(21)28(3,4)29(27,5)6)31(17-30(23)7)18-12-13-20-19-10-8-9-11-25(19)32-26(20)14-18;/h8-11,13-17H,1-7H3;/q-2;. The van der Waals surface area contributed by atoms with Gasteiger partial charge in [-0.05, 0) is 58.0 Å². The largest absolute Gasteiger partial charge is 0.504 e. The van der Waals surface area contributed by atoms with Crippen LogP contribution in [-0.2, 0) is 30.9 Å². The van der Waals surface area contributed by atoms with Crippen molar-refractivity contribution < 1.29 is 24.5 Å². The summed E-state index contributed by atoms with van der Waals surface area (Å²) in [6, 6.07) is 20.7. The van der Waals surface area contributed by atoms with Gasteiger partial charge < -0.3 is 14.2 Å². The normalized spacial score (nSPS) is 19.6. The van der Waals surface area contributed by atoms with Crippen LogP contribution < -0.4 is 9.80 Å². The molecule has 1 aliphatic carbocycles. The molecular weight excluding hydrogens is 585 g/mol. The van der Waals surface area contributed by atoms with Gasteiger partial charge in [-0.1, -0.05) is 65.1 Å². The Labute approximate surface area is 210 Å². The van der Waals surface area contributed by atoms with Gasteiger partial charge >= 0.3 is 0 Å². The van der Waals surface area contributed by atoms with Crippen molar-refractivity contribution in [3.8, 4) is 0 Å². The molecule has 0 amide bonds. The van der Waals surface area contributed by atoms with Crippen molar-refractivity contribution >= 4 is 39.0 Å². The van der Waals surface area contributed by atoms with Gasteiger partial charge in [0.05, 0.1) is 0 Å². The first-order valence-electron chi connectivity index (χ1n) is 11.4. The van der Waals surface area contributed by atoms with E-state index in [0.29, 0.717) is 0 Å². The average Bonchev–Trinajstić information content (AvgIpc) is 3.31. The minimum Gasteiger partial charge on any atom is -0.504 e. The van der Waals surface area contributed by atoms with E-state index in [1.807, 2.05) is 12.1 Å². The van der Waals surface area contributed by atoms with E-state index in [0.717, 1.165) is 27.6 Å². The summed E-state index contributed by atoms with van der Waals surface area (Å²) in [6.45, 7) is 16.6. The SMILES string of the molecule is CN1[CH-]N(c2[c-]cc3c(c2)oc2ccccc23)c2cc3c(cc21)C(C)(C)C(C)(C)C3(C)C.[Ir]. The second-order valence-corrected chi connectivity index (χ2v) is 11.1. The molecule has 0 saturated carbocycles. The summed E-state index contributed by atoms with van der Waals surface area (Å²) in [6.07, 6.45) is 0. The Hall–Kier alpha value is -2.29. The van der Waals surface area contributed by atoms with Crippen LogP contribution >= 0.6 is 0 Å². The Morgan fingerprint density at radius 3 is 2.15 bits per heavy atom. The van der Waals surface area contributed by atoms with E-state index in [-0.39, 0.29) is 36.4 Å². The Balaban J connectivity index is 0.00000228. The Bertz CT molecular complexity index is 1410. The molecule has 1 aliphatic heterocycles. The maximum atomic E-state index is 6.15. The molecule has 0 N–H and O–H groups in total. The van der Waals surface area contributed by atoms with Crippen molar-refractivity contribution in [2.45, 2.75) is 52.4 Å². The molecule has 0 atom stereocenters. The summed E-state index contributed by atoms with van der Waals surface area (Å²) < 4.78 is 6.15. The molecule has 6 rings (SSSR count). The number of nitrogens with zero attached hydrogens (tertiary/aromatic N) is 2. The van der Waals surface area contributed by atoms with E-state index in [1.54, 1.807) is 0 Å². The summed E-state index contributed by atoms with van der Waals surface area (Å²) >= 11 is 0. The van der Waals surface area contributed by atoms with Crippen LogP contribution in [0.3, 0.4) is 0 Å². The fourth-order valence-electron chi connectivity index (χ4n) is 5.82. The first-order chi connectivity index (χ1) is 15.0. The van der Waals surface area contributed by atoms with Gasteiger partial charge in [0.1, 0.15) is 5.58 Å². The summed E-state index contributed by atoms with van der Waals surface area (Å²) in [5.41, 5.74) is 8.47. The fourth-order valence-corrected chi connectivity index (χ4v) is 5.82. The zero-order valence-corrected chi connectivity index (χ0v) is 22.7. The quantitative estimate of drug-likeness (QED) is 0.205. The van der Waals surface area contributed by atoms with Crippen molar-refractivity contribution in [2.75, 3.05) is 16.8 Å². The summed E-state index contributed by atoms with van der Waals surface area (Å²) in [7, 11) is 2.13. The predicted octanol–water partition coefficient (Wildman–Crippen LogP) is 7.69. The van der Waals surface area contributed by atoms with Gasteiger partial charge in [0, 0.05) is 37.1 Å². The number of furan rings is 1. The molecule has 1 aromatic heterocycles. The minimum atomic E-state index is 0. The second-order valence-electron chi connectivity index (χ2n) is 11.1. The number of rotatable bonds is 1. The molecule has 0 saturated heterocycles. The summed E-state index contributed by atoms with van der Waals surface area (Å²) in [5, 5.41) is 2.24. The molecule has 3 aromatic carbocycles. The van der Waals surface area contributed by atoms with E-state index in [9.17, 15) is 0 Å². The molecule has 173 valence electrons.